The number of ether oxygens (including phenoxy) is 1. The van der Waals surface area contributed by atoms with Crippen LogP contribution in [0.1, 0.15) is 11.1 Å². The van der Waals surface area contributed by atoms with Crippen LogP contribution in [0, 0.1) is 0 Å². The number of nitrogens with zero attached hydrogens (tertiary/aromatic N) is 2. The number of rotatable bonds is 7. The van der Waals surface area contributed by atoms with E-state index in [9.17, 15) is 13.2 Å². The van der Waals surface area contributed by atoms with Gasteiger partial charge in [0, 0.05) is 39.3 Å². The minimum atomic E-state index is -4.30. The molecule has 1 aliphatic rings. The predicted octanol–water partition coefficient (Wildman–Crippen LogP) is 1.83. The van der Waals surface area contributed by atoms with E-state index in [1.54, 1.807) is 12.1 Å². The number of halogens is 3. The maximum absolute atomic E-state index is 13.0. The lowest BCUT2D eigenvalue weighted by molar-refractivity contribution is -0.138. The van der Waals surface area contributed by atoms with Gasteiger partial charge >= 0.3 is 6.18 Å². The monoisotopic (exact) mass is 332 g/mol. The van der Waals surface area contributed by atoms with E-state index in [0.29, 0.717) is 25.3 Å². The second-order valence-corrected chi connectivity index (χ2v) is 5.61. The third-order valence-corrected chi connectivity index (χ3v) is 3.97. The Balaban J connectivity index is 1.81. The summed E-state index contributed by atoms with van der Waals surface area (Å²) in [7, 11) is 0. The Kier molecular flexibility index (Phi) is 6.83. The molecule has 1 saturated heterocycles. The highest BCUT2D eigenvalue weighted by molar-refractivity contribution is 5.29. The van der Waals surface area contributed by atoms with Crippen LogP contribution in [-0.4, -0.2) is 67.5 Å². The smallest absolute Gasteiger partial charge is 0.394 e. The molecule has 1 heterocycles. The van der Waals surface area contributed by atoms with Crippen LogP contribution < -0.4 is 0 Å². The molecular weight excluding hydrogens is 309 g/mol. The minimum Gasteiger partial charge on any atom is -0.394 e. The number of aliphatic hydroxyl groups is 1. The van der Waals surface area contributed by atoms with E-state index in [2.05, 4.69) is 9.80 Å². The van der Waals surface area contributed by atoms with E-state index in [1.165, 1.54) is 6.07 Å². The zero-order chi connectivity index (χ0) is 16.7. The van der Waals surface area contributed by atoms with Crippen LogP contribution in [0.25, 0.3) is 0 Å². The van der Waals surface area contributed by atoms with Gasteiger partial charge in [-0.05, 0) is 11.6 Å². The molecule has 4 nitrogen and oxygen atoms in total. The van der Waals surface area contributed by atoms with E-state index in [4.69, 9.17) is 9.84 Å². The first-order chi connectivity index (χ1) is 11.0. The van der Waals surface area contributed by atoms with E-state index < -0.39 is 11.7 Å². The first-order valence-electron chi connectivity index (χ1n) is 7.79. The molecular formula is C16H23F3N2O2. The Bertz CT molecular complexity index is 475. The Morgan fingerprint density at radius 1 is 1.00 bits per heavy atom. The maximum atomic E-state index is 13.0. The number of aliphatic hydroxyl groups excluding tert-OH is 1. The van der Waals surface area contributed by atoms with Crippen molar-refractivity contribution in [2.45, 2.75) is 12.7 Å². The standard InChI is InChI=1S/C16H23F3N2O2/c17-16(18,19)15-4-2-1-3-14(15)13-21-7-5-20(6-8-21)9-11-23-12-10-22/h1-4,22H,5-13H2. The molecule has 1 fully saturated rings. The van der Waals surface area contributed by atoms with Crippen LogP contribution >= 0.6 is 0 Å². The van der Waals surface area contributed by atoms with Gasteiger partial charge in [-0.1, -0.05) is 18.2 Å². The third kappa shape index (κ3) is 5.76. The van der Waals surface area contributed by atoms with Gasteiger partial charge in [-0.25, -0.2) is 0 Å². The van der Waals surface area contributed by atoms with E-state index in [-0.39, 0.29) is 6.61 Å². The summed E-state index contributed by atoms with van der Waals surface area (Å²) in [5, 5.41) is 8.63. The summed E-state index contributed by atoms with van der Waals surface area (Å²) in [5.41, 5.74) is -0.209. The van der Waals surface area contributed by atoms with Crippen molar-refractivity contribution in [3.8, 4) is 0 Å². The second-order valence-electron chi connectivity index (χ2n) is 5.61. The van der Waals surface area contributed by atoms with Crippen LogP contribution in [0.3, 0.4) is 0 Å². The van der Waals surface area contributed by atoms with Gasteiger partial charge in [0.05, 0.1) is 25.4 Å². The second kappa shape index (κ2) is 8.63. The van der Waals surface area contributed by atoms with Crippen molar-refractivity contribution in [3.05, 3.63) is 35.4 Å². The van der Waals surface area contributed by atoms with Crippen molar-refractivity contribution in [1.29, 1.82) is 0 Å². The molecule has 1 aromatic carbocycles. The largest absolute Gasteiger partial charge is 0.416 e. The number of hydrogen-bond acceptors (Lipinski definition) is 4. The van der Waals surface area contributed by atoms with E-state index in [0.717, 1.165) is 38.8 Å². The van der Waals surface area contributed by atoms with Crippen molar-refractivity contribution < 1.29 is 23.0 Å². The van der Waals surface area contributed by atoms with Gasteiger partial charge in [-0.2, -0.15) is 13.2 Å². The van der Waals surface area contributed by atoms with Gasteiger partial charge in [-0.15, -0.1) is 0 Å². The lowest BCUT2D eigenvalue weighted by Gasteiger charge is -2.35. The molecule has 0 saturated carbocycles. The molecule has 23 heavy (non-hydrogen) atoms. The highest BCUT2D eigenvalue weighted by Crippen LogP contribution is 2.32. The molecule has 1 aromatic rings. The summed E-state index contributed by atoms with van der Waals surface area (Å²) >= 11 is 0. The van der Waals surface area contributed by atoms with Crippen LogP contribution in [0.2, 0.25) is 0 Å². The van der Waals surface area contributed by atoms with Crippen LogP contribution in [0.15, 0.2) is 24.3 Å². The number of alkyl halides is 3. The average Bonchev–Trinajstić information content (AvgIpc) is 2.53. The van der Waals surface area contributed by atoms with Gasteiger partial charge in [-0.3, -0.25) is 9.80 Å². The Morgan fingerprint density at radius 3 is 2.30 bits per heavy atom. The van der Waals surface area contributed by atoms with Crippen molar-refractivity contribution in [2.75, 3.05) is 52.5 Å². The molecule has 0 aromatic heterocycles. The molecule has 130 valence electrons. The number of hydrogen-bond donors (Lipinski definition) is 1. The first kappa shape index (κ1) is 18.2. The molecule has 0 amide bonds. The summed E-state index contributed by atoms with van der Waals surface area (Å²) < 4.78 is 44.3. The van der Waals surface area contributed by atoms with Gasteiger partial charge in [0.15, 0.2) is 0 Å². The summed E-state index contributed by atoms with van der Waals surface area (Å²) in [6.07, 6.45) is -4.30. The fourth-order valence-corrected chi connectivity index (χ4v) is 2.71. The molecule has 0 aliphatic carbocycles. The zero-order valence-corrected chi connectivity index (χ0v) is 13.1. The number of benzene rings is 1. The van der Waals surface area contributed by atoms with Crippen molar-refractivity contribution in [2.24, 2.45) is 0 Å². The molecule has 0 atom stereocenters. The van der Waals surface area contributed by atoms with Crippen molar-refractivity contribution in [3.63, 3.8) is 0 Å². The highest BCUT2D eigenvalue weighted by Gasteiger charge is 2.33. The Labute approximate surface area is 134 Å². The van der Waals surface area contributed by atoms with Crippen LogP contribution in [0.4, 0.5) is 13.2 Å². The van der Waals surface area contributed by atoms with Gasteiger partial charge in [0.25, 0.3) is 0 Å². The minimum absolute atomic E-state index is 0.0202. The molecule has 0 spiro atoms. The summed E-state index contributed by atoms with van der Waals surface area (Å²) in [5.74, 6) is 0. The molecule has 7 heteroatoms. The lowest BCUT2D eigenvalue weighted by Crippen LogP contribution is -2.47. The van der Waals surface area contributed by atoms with Crippen molar-refractivity contribution in [1.82, 2.24) is 9.80 Å². The predicted molar refractivity (Wildman–Crippen MR) is 81.1 cm³/mol. The van der Waals surface area contributed by atoms with Gasteiger partial charge in [0.2, 0.25) is 0 Å². The highest BCUT2D eigenvalue weighted by atomic mass is 19.4. The van der Waals surface area contributed by atoms with Gasteiger partial charge in [0.1, 0.15) is 0 Å². The fourth-order valence-electron chi connectivity index (χ4n) is 2.71. The fraction of sp³-hybridized carbons (Fsp3) is 0.625. The molecule has 0 radical (unpaired) electrons. The third-order valence-electron chi connectivity index (χ3n) is 3.97. The van der Waals surface area contributed by atoms with Crippen LogP contribution in [-0.2, 0) is 17.5 Å². The molecule has 0 unspecified atom stereocenters. The summed E-state index contributed by atoms with van der Waals surface area (Å²) in [6, 6.07) is 5.78. The molecule has 0 bridgehead atoms. The topological polar surface area (TPSA) is 35.9 Å². The zero-order valence-electron chi connectivity index (χ0n) is 13.1. The molecule has 2 rings (SSSR count). The van der Waals surface area contributed by atoms with E-state index in [1.807, 2.05) is 0 Å². The normalized spacial score (nSPS) is 17.6. The quantitative estimate of drug-likeness (QED) is 0.773. The Hall–Kier alpha value is -1.15. The lowest BCUT2D eigenvalue weighted by atomic mass is 10.1. The molecule has 1 N–H and O–H groups in total. The molecule has 1 aliphatic heterocycles. The van der Waals surface area contributed by atoms with Gasteiger partial charge < -0.3 is 9.84 Å². The maximum Gasteiger partial charge on any atom is 0.416 e. The average molecular weight is 332 g/mol. The number of piperazine rings is 1. The Morgan fingerprint density at radius 2 is 1.65 bits per heavy atom. The van der Waals surface area contributed by atoms with E-state index >= 15 is 0 Å². The van der Waals surface area contributed by atoms with Crippen molar-refractivity contribution >= 4 is 0 Å². The van der Waals surface area contributed by atoms with Crippen LogP contribution in [0.5, 0.6) is 0 Å². The summed E-state index contributed by atoms with van der Waals surface area (Å²) in [4.78, 5) is 4.28. The summed E-state index contributed by atoms with van der Waals surface area (Å²) in [6.45, 7) is 5.15. The SMILES string of the molecule is OCCOCCN1CCN(Cc2ccccc2C(F)(F)F)CC1. The first-order valence-corrected chi connectivity index (χ1v) is 7.79.